The highest BCUT2D eigenvalue weighted by atomic mass is 19.4. The molecular weight excluding hydrogens is 364 g/mol. The van der Waals surface area contributed by atoms with Crippen LogP contribution in [0.1, 0.15) is 0 Å². The van der Waals surface area contributed by atoms with Gasteiger partial charge in [0, 0.05) is 23.3 Å². The van der Waals surface area contributed by atoms with Crippen LogP contribution in [0, 0.1) is 15.9 Å². The molecule has 0 aliphatic heterocycles. The highest BCUT2D eigenvalue weighted by molar-refractivity contribution is 5.89. The molecule has 0 aromatic heterocycles. The molecule has 0 fully saturated rings. The third-order valence-corrected chi connectivity index (χ3v) is 3.09. The Morgan fingerprint density at radius 3 is 2.42 bits per heavy atom. The van der Waals surface area contributed by atoms with Crippen molar-refractivity contribution in [2.75, 3.05) is 11.9 Å². The number of carbonyl (C=O) groups is 1. The van der Waals surface area contributed by atoms with E-state index in [2.05, 4.69) is 4.74 Å². The van der Waals surface area contributed by atoms with Crippen LogP contribution in [0.5, 0.6) is 5.75 Å². The van der Waals surface area contributed by atoms with Gasteiger partial charge in [0.1, 0.15) is 17.3 Å². The average Bonchev–Trinajstić information content (AvgIpc) is 2.52. The topological polar surface area (TPSA) is 102 Å². The number of carboxylic acid groups (broad SMARTS) is 1. The fourth-order valence-electron chi connectivity index (χ4n) is 2.10. The number of nitrogens with zero attached hydrogens (tertiary/aromatic N) is 1. The van der Waals surface area contributed by atoms with Crippen molar-refractivity contribution in [2.24, 2.45) is 0 Å². The molecular formula is C15H10F4N2O5. The van der Waals surface area contributed by atoms with Gasteiger partial charge < -0.3 is 9.84 Å². The zero-order valence-corrected chi connectivity index (χ0v) is 12.7. The Morgan fingerprint density at radius 1 is 1.23 bits per heavy atom. The Balaban J connectivity index is 2.66. The van der Waals surface area contributed by atoms with Crippen molar-refractivity contribution < 1.29 is 37.1 Å². The Bertz CT molecular complexity index is 854. The summed E-state index contributed by atoms with van der Waals surface area (Å²) >= 11 is 0. The number of nitro benzene ring substituents is 1. The molecule has 2 aromatic rings. The number of rotatable bonds is 5. The SMILES string of the molecule is O=C(O)Nc1cc(OCC(F)(F)F)c(-c2ccccc2F)cc1[N+](=O)[O-]. The van der Waals surface area contributed by atoms with Crippen LogP contribution in [0.25, 0.3) is 11.1 Å². The molecule has 0 aliphatic rings. The van der Waals surface area contributed by atoms with Crippen LogP contribution in [0.15, 0.2) is 36.4 Å². The third-order valence-electron chi connectivity index (χ3n) is 3.09. The lowest BCUT2D eigenvalue weighted by Crippen LogP contribution is -2.20. The van der Waals surface area contributed by atoms with Gasteiger partial charge in [0.15, 0.2) is 6.61 Å². The fourth-order valence-corrected chi connectivity index (χ4v) is 2.10. The predicted octanol–water partition coefficient (Wildman–Crippen LogP) is 4.43. The number of ether oxygens (including phenoxy) is 1. The molecule has 0 aliphatic carbocycles. The number of benzene rings is 2. The monoisotopic (exact) mass is 374 g/mol. The van der Waals surface area contributed by atoms with Gasteiger partial charge in [-0.2, -0.15) is 13.2 Å². The highest BCUT2D eigenvalue weighted by Gasteiger charge is 2.30. The van der Waals surface area contributed by atoms with Crippen molar-refractivity contribution in [1.29, 1.82) is 0 Å². The van der Waals surface area contributed by atoms with Crippen LogP contribution in [-0.4, -0.2) is 28.9 Å². The molecule has 2 N–H and O–H groups in total. The van der Waals surface area contributed by atoms with Crippen LogP contribution in [0.2, 0.25) is 0 Å². The number of anilines is 1. The van der Waals surface area contributed by atoms with Gasteiger partial charge in [-0.05, 0) is 6.07 Å². The summed E-state index contributed by atoms with van der Waals surface area (Å²) in [4.78, 5) is 21.0. The quantitative estimate of drug-likeness (QED) is 0.458. The van der Waals surface area contributed by atoms with E-state index in [0.717, 1.165) is 12.1 Å². The van der Waals surface area contributed by atoms with Crippen molar-refractivity contribution in [3.05, 3.63) is 52.3 Å². The van der Waals surface area contributed by atoms with Gasteiger partial charge in [-0.3, -0.25) is 15.4 Å². The van der Waals surface area contributed by atoms with E-state index in [1.165, 1.54) is 18.2 Å². The van der Waals surface area contributed by atoms with Gasteiger partial charge in [-0.1, -0.05) is 18.2 Å². The molecule has 0 atom stereocenters. The van der Waals surface area contributed by atoms with Crippen LogP contribution >= 0.6 is 0 Å². The first kappa shape index (κ1) is 19.0. The first-order valence-corrected chi connectivity index (χ1v) is 6.85. The number of nitro groups is 1. The van der Waals surface area contributed by atoms with Gasteiger partial charge in [-0.25, -0.2) is 9.18 Å². The summed E-state index contributed by atoms with van der Waals surface area (Å²) in [5, 5.41) is 21.6. The Hall–Kier alpha value is -3.37. The van der Waals surface area contributed by atoms with Crippen LogP contribution < -0.4 is 10.1 Å². The molecule has 2 rings (SSSR count). The molecule has 0 heterocycles. The van der Waals surface area contributed by atoms with Gasteiger partial charge in [-0.15, -0.1) is 0 Å². The molecule has 0 saturated heterocycles. The van der Waals surface area contributed by atoms with Crippen molar-refractivity contribution in [3.63, 3.8) is 0 Å². The largest absolute Gasteiger partial charge is 0.483 e. The van der Waals surface area contributed by atoms with E-state index in [4.69, 9.17) is 5.11 Å². The van der Waals surface area contributed by atoms with E-state index in [-0.39, 0.29) is 11.1 Å². The van der Waals surface area contributed by atoms with Crippen LogP contribution in [-0.2, 0) is 0 Å². The molecule has 0 bridgehead atoms. The predicted molar refractivity (Wildman–Crippen MR) is 81.7 cm³/mol. The summed E-state index contributed by atoms with van der Waals surface area (Å²) in [6.07, 6.45) is -6.40. The van der Waals surface area contributed by atoms with E-state index in [9.17, 15) is 32.5 Å². The smallest absolute Gasteiger partial charge is 0.422 e. The van der Waals surface area contributed by atoms with E-state index in [0.29, 0.717) is 6.07 Å². The maximum absolute atomic E-state index is 14.0. The van der Waals surface area contributed by atoms with Gasteiger partial charge in [0.05, 0.1) is 4.92 Å². The summed E-state index contributed by atoms with van der Waals surface area (Å²) < 4.78 is 56.0. The second-order valence-corrected chi connectivity index (χ2v) is 4.94. The van der Waals surface area contributed by atoms with Crippen molar-refractivity contribution in [2.45, 2.75) is 6.18 Å². The van der Waals surface area contributed by atoms with E-state index in [1.807, 2.05) is 0 Å². The molecule has 26 heavy (non-hydrogen) atoms. The minimum absolute atomic E-state index is 0.241. The third kappa shape index (κ3) is 4.59. The summed E-state index contributed by atoms with van der Waals surface area (Å²) in [5.41, 5.74) is -1.95. The second kappa shape index (κ2) is 7.25. The number of nitrogens with one attached hydrogen (secondary N) is 1. The molecule has 1 amide bonds. The van der Waals surface area contributed by atoms with E-state index >= 15 is 0 Å². The molecule has 2 aromatic carbocycles. The molecule has 0 saturated carbocycles. The standard InChI is InChI=1S/C15H10F4N2O5/c16-10-4-2-1-3-8(10)9-5-12(21(24)25)11(20-14(22)23)6-13(9)26-7-15(17,18)19/h1-6,20H,7H2,(H,22,23). The maximum atomic E-state index is 14.0. The zero-order valence-electron chi connectivity index (χ0n) is 12.7. The van der Waals surface area contributed by atoms with E-state index < -0.39 is 46.7 Å². The summed E-state index contributed by atoms with van der Waals surface area (Å²) in [6, 6.07) is 6.36. The van der Waals surface area contributed by atoms with Crippen LogP contribution in [0.4, 0.5) is 33.7 Å². The van der Waals surface area contributed by atoms with Crippen molar-refractivity contribution in [3.8, 4) is 16.9 Å². The molecule has 11 heteroatoms. The Kier molecular flexibility index (Phi) is 5.29. The molecule has 0 spiro atoms. The zero-order chi connectivity index (χ0) is 19.5. The maximum Gasteiger partial charge on any atom is 0.422 e. The lowest BCUT2D eigenvalue weighted by molar-refractivity contribution is -0.383. The van der Waals surface area contributed by atoms with E-state index in [1.54, 1.807) is 5.32 Å². The molecule has 0 unspecified atom stereocenters. The second-order valence-electron chi connectivity index (χ2n) is 4.94. The average molecular weight is 374 g/mol. The number of alkyl halides is 3. The fraction of sp³-hybridized carbons (Fsp3) is 0.133. The molecule has 7 nitrogen and oxygen atoms in total. The summed E-state index contributed by atoms with van der Waals surface area (Å²) in [5.74, 6) is -1.42. The number of amides is 1. The van der Waals surface area contributed by atoms with Crippen LogP contribution in [0.3, 0.4) is 0 Å². The van der Waals surface area contributed by atoms with Crippen molar-refractivity contribution in [1.82, 2.24) is 0 Å². The Labute approximate surface area is 143 Å². The summed E-state index contributed by atoms with van der Waals surface area (Å²) in [7, 11) is 0. The Morgan fingerprint density at radius 2 is 1.88 bits per heavy atom. The van der Waals surface area contributed by atoms with Gasteiger partial charge >= 0.3 is 12.3 Å². The van der Waals surface area contributed by atoms with Gasteiger partial charge in [0.25, 0.3) is 5.69 Å². The normalized spacial score (nSPS) is 11.1. The number of halogens is 4. The number of hydrogen-bond donors (Lipinski definition) is 2. The molecule has 0 radical (unpaired) electrons. The minimum atomic E-state index is -4.73. The first-order chi connectivity index (χ1) is 12.1. The lowest BCUT2D eigenvalue weighted by Gasteiger charge is -2.15. The highest BCUT2D eigenvalue weighted by Crippen LogP contribution is 2.40. The first-order valence-electron chi connectivity index (χ1n) is 6.85. The van der Waals surface area contributed by atoms with Crippen molar-refractivity contribution >= 4 is 17.5 Å². The molecule has 138 valence electrons. The summed E-state index contributed by atoms with van der Waals surface area (Å²) in [6.45, 7) is -1.75. The van der Waals surface area contributed by atoms with Gasteiger partial charge in [0.2, 0.25) is 0 Å². The lowest BCUT2D eigenvalue weighted by atomic mass is 10.0. The minimum Gasteiger partial charge on any atom is -0.483 e. The number of hydrogen-bond acceptors (Lipinski definition) is 4.